The van der Waals surface area contributed by atoms with Gasteiger partial charge in [-0.1, -0.05) is 35.5 Å². The van der Waals surface area contributed by atoms with Gasteiger partial charge in [-0.2, -0.15) is 5.06 Å². The molecule has 5 N–H and O–H groups in total. The molecule has 0 saturated heterocycles. The Bertz CT molecular complexity index is 1760. The van der Waals surface area contributed by atoms with Crippen LogP contribution in [0.3, 0.4) is 0 Å². The first-order valence-corrected chi connectivity index (χ1v) is 17.2. The third-order valence-electron chi connectivity index (χ3n) is 8.67. The molecule has 1 aromatic carbocycles. The molecule has 1 aromatic heterocycles. The van der Waals surface area contributed by atoms with E-state index in [4.69, 9.17) is 26.0 Å². The molecule has 1 fully saturated rings. The van der Waals surface area contributed by atoms with E-state index >= 15 is 4.39 Å². The summed E-state index contributed by atoms with van der Waals surface area (Å²) in [5.41, 5.74) is -2.05. The number of halogens is 2. The number of aryl methyl sites for hydroxylation is 1. The maximum Gasteiger partial charge on any atom is 0.336 e. The standard InChI is InChI=1S/C32H36ClFN6O10S/c1-16-37-38-29(49-16)18-5-8-21(35-27(44)20(34)11-17-3-6-19(33)7-4-17)22(12-18)36-28(45)30-40(23-9-10-39(2)15-24(23)51-30)50-26(43)14-32(48,31(46)47)13-25(41)42/h3-4,6-7,11,18,21-22,30,48H,5,8-10,12-15H2,1-2H3,(H,35,44)(H,36,45)(H,41,42)(H,46,47)/b20-11+/t18-,21-,22+,30?,32?/m0/s1. The molecule has 0 spiro atoms. The highest BCUT2D eigenvalue weighted by atomic mass is 35.5. The summed E-state index contributed by atoms with van der Waals surface area (Å²) in [4.78, 5) is 71.2. The van der Waals surface area contributed by atoms with Gasteiger partial charge in [0.25, 0.3) is 11.8 Å². The summed E-state index contributed by atoms with van der Waals surface area (Å²) in [6, 6.07) is 4.67. The van der Waals surface area contributed by atoms with Crippen LogP contribution in [0.2, 0.25) is 5.02 Å². The smallest absolute Gasteiger partial charge is 0.336 e. The fourth-order valence-electron chi connectivity index (χ4n) is 6.09. The molecule has 5 atom stereocenters. The molecule has 274 valence electrons. The normalized spacial score (nSPS) is 23.6. The van der Waals surface area contributed by atoms with E-state index in [0.29, 0.717) is 65.3 Å². The molecule has 0 radical (unpaired) electrons. The van der Waals surface area contributed by atoms with Crippen molar-refractivity contribution in [3.63, 3.8) is 0 Å². The quantitative estimate of drug-likeness (QED) is 0.196. The maximum atomic E-state index is 15.1. The lowest BCUT2D eigenvalue weighted by molar-refractivity contribution is -0.194. The van der Waals surface area contributed by atoms with E-state index in [-0.39, 0.29) is 12.3 Å². The Morgan fingerprint density at radius 3 is 2.49 bits per heavy atom. The number of carbonyl (C=O) groups is 5. The third kappa shape index (κ3) is 9.24. The lowest BCUT2D eigenvalue weighted by atomic mass is 9.82. The lowest BCUT2D eigenvalue weighted by Gasteiger charge is -2.37. The van der Waals surface area contributed by atoms with Gasteiger partial charge < -0.3 is 40.1 Å². The Balaban J connectivity index is 1.36. The average Bonchev–Trinajstić information content (AvgIpc) is 3.65. The third-order valence-corrected chi connectivity index (χ3v) is 10.2. The van der Waals surface area contributed by atoms with Crippen molar-refractivity contribution in [3.8, 4) is 0 Å². The van der Waals surface area contributed by atoms with Gasteiger partial charge >= 0.3 is 17.9 Å². The Morgan fingerprint density at radius 1 is 1.12 bits per heavy atom. The van der Waals surface area contributed by atoms with Gasteiger partial charge in [0, 0.05) is 54.4 Å². The highest BCUT2D eigenvalue weighted by Crippen LogP contribution is 2.43. The first kappa shape index (κ1) is 37.7. The summed E-state index contributed by atoms with van der Waals surface area (Å²) < 4.78 is 20.7. The molecule has 19 heteroatoms. The number of rotatable bonds is 12. The minimum Gasteiger partial charge on any atom is -0.481 e. The number of nitrogens with zero attached hydrogens (tertiary/aromatic N) is 4. The molecule has 1 saturated carbocycles. The van der Waals surface area contributed by atoms with Crippen LogP contribution in [0.5, 0.6) is 0 Å². The van der Waals surface area contributed by atoms with E-state index in [2.05, 4.69) is 20.8 Å². The molecule has 51 heavy (non-hydrogen) atoms. The first-order chi connectivity index (χ1) is 24.1. The van der Waals surface area contributed by atoms with Crippen LogP contribution in [0, 0.1) is 6.92 Å². The minimum absolute atomic E-state index is 0.217. The molecular weight excluding hydrogens is 715 g/mol. The number of likely N-dealkylation sites (N-methyl/N-ethyl adjacent to an activating group) is 1. The number of aliphatic carboxylic acids is 2. The Hall–Kier alpha value is -4.52. The number of hydrogen-bond donors (Lipinski definition) is 5. The van der Waals surface area contributed by atoms with Crippen LogP contribution in [0.15, 0.2) is 45.1 Å². The molecule has 0 bridgehead atoms. The number of carboxylic acids is 2. The predicted molar refractivity (Wildman–Crippen MR) is 178 cm³/mol. The van der Waals surface area contributed by atoms with Crippen LogP contribution in [0.4, 0.5) is 4.39 Å². The van der Waals surface area contributed by atoms with E-state index in [9.17, 15) is 34.2 Å². The number of hydrogen-bond acceptors (Lipinski definition) is 13. The number of hydroxylamine groups is 2. The summed E-state index contributed by atoms with van der Waals surface area (Å²) in [5, 5.41) is 42.9. The van der Waals surface area contributed by atoms with Crippen LogP contribution in [-0.2, 0) is 28.8 Å². The average molecular weight is 751 g/mol. The second-order valence-corrected chi connectivity index (χ2v) is 14.2. The van der Waals surface area contributed by atoms with Gasteiger partial charge in [0.05, 0.1) is 18.5 Å². The highest BCUT2D eigenvalue weighted by Gasteiger charge is 2.46. The zero-order chi connectivity index (χ0) is 37.0. The van der Waals surface area contributed by atoms with Crippen molar-refractivity contribution in [2.24, 2.45) is 0 Å². The first-order valence-electron chi connectivity index (χ1n) is 15.9. The minimum atomic E-state index is -2.95. The van der Waals surface area contributed by atoms with Gasteiger partial charge in [-0.05, 0) is 50.1 Å². The molecule has 3 heterocycles. The number of aromatic nitrogens is 2. The van der Waals surface area contributed by atoms with Crippen LogP contribution < -0.4 is 10.6 Å². The van der Waals surface area contributed by atoms with Crippen molar-refractivity contribution in [2.45, 2.75) is 74.4 Å². The Labute approximate surface area is 300 Å². The lowest BCUT2D eigenvalue weighted by Crippen LogP contribution is -2.57. The fourth-order valence-corrected chi connectivity index (χ4v) is 7.55. The van der Waals surface area contributed by atoms with E-state index in [1.165, 1.54) is 0 Å². The van der Waals surface area contributed by atoms with Crippen molar-refractivity contribution < 1.29 is 52.9 Å². The number of aliphatic hydroxyl groups is 1. The largest absolute Gasteiger partial charge is 0.481 e. The van der Waals surface area contributed by atoms with E-state index in [1.54, 1.807) is 31.2 Å². The molecule has 1 aliphatic carbocycles. The molecule has 2 aromatic rings. The zero-order valence-electron chi connectivity index (χ0n) is 27.5. The van der Waals surface area contributed by atoms with Crippen LogP contribution in [0.25, 0.3) is 6.08 Å². The Morgan fingerprint density at radius 2 is 1.84 bits per heavy atom. The number of carbonyl (C=O) groups excluding carboxylic acids is 3. The molecule has 5 rings (SSSR count). The summed E-state index contributed by atoms with van der Waals surface area (Å²) >= 11 is 7.00. The van der Waals surface area contributed by atoms with Gasteiger partial charge in [0.1, 0.15) is 0 Å². The molecule has 2 amide bonds. The van der Waals surface area contributed by atoms with Gasteiger partial charge in [0.2, 0.25) is 11.8 Å². The van der Waals surface area contributed by atoms with Gasteiger partial charge in [-0.15, -0.1) is 10.2 Å². The van der Waals surface area contributed by atoms with Gasteiger partial charge in [0.15, 0.2) is 16.8 Å². The van der Waals surface area contributed by atoms with Crippen molar-refractivity contribution in [1.29, 1.82) is 0 Å². The summed E-state index contributed by atoms with van der Waals surface area (Å²) in [6.45, 7) is 2.59. The van der Waals surface area contributed by atoms with Gasteiger partial charge in [-0.25, -0.2) is 14.0 Å². The van der Waals surface area contributed by atoms with E-state index < -0.39 is 71.4 Å². The van der Waals surface area contributed by atoms with Crippen molar-refractivity contribution in [2.75, 3.05) is 20.1 Å². The summed E-state index contributed by atoms with van der Waals surface area (Å²) in [6.07, 6.45) is -0.0755. The highest BCUT2D eigenvalue weighted by molar-refractivity contribution is 8.04. The maximum absolute atomic E-state index is 15.1. The SMILES string of the molecule is Cc1nnc([C@H]2CC[C@H](NC(=O)/C(F)=C\c3ccc(Cl)cc3)[C@H](NC(=O)C3SC4=C(CCN(C)C4)N3OC(=O)CC(O)(CC(=O)O)C(=O)O)C2)o1. The zero-order valence-corrected chi connectivity index (χ0v) is 29.1. The van der Waals surface area contributed by atoms with Crippen molar-refractivity contribution in [3.05, 3.63) is 63.1 Å². The summed E-state index contributed by atoms with van der Waals surface area (Å²) in [5.74, 6) is -7.19. The molecule has 2 unspecified atom stereocenters. The van der Waals surface area contributed by atoms with Crippen molar-refractivity contribution in [1.82, 2.24) is 30.8 Å². The number of carboxylic acid groups (broad SMARTS) is 2. The van der Waals surface area contributed by atoms with Crippen LogP contribution in [0.1, 0.15) is 61.8 Å². The van der Waals surface area contributed by atoms with E-state index in [0.717, 1.165) is 22.9 Å². The number of amides is 2. The predicted octanol–water partition coefficient (Wildman–Crippen LogP) is 2.34. The van der Waals surface area contributed by atoms with Crippen LogP contribution >= 0.6 is 23.4 Å². The number of nitrogens with one attached hydrogen (secondary N) is 2. The monoisotopic (exact) mass is 750 g/mol. The topological polar surface area (TPSA) is 225 Å². The molecule has 16 nitrogen and oxygen atoms in total. The summed E-state index contributed by atoms with van der Waals surface area (Å²) in [7, 11) is 1.86. The molecule has 2 aliphatic heterocycles. The van der Waals surface area contributed by atoms with E-state index in [1.807, 2.05) is 11.9 Å². The Kier molecular flexibility index (Phi) is 11.7. The molecule has 3 aliphatic rings. The molecular formula is C32H36ClFN6O10S. The van der Waals surface area contributed by atoms with Crippen molar-refractivity contribution >= 4 is 59.2 Å². The van der Waals surface area contributed by atoms with Gasteiger partial charge in [-0.3, -0.25) is 14.4 Å². The second-order valence-electron chi connectivity index (χ2n) is 12.6. The van der Waals surface area contributed by atoms with Crippen LogP contribution in [-0.4, -0.2) is 108 Å². The second kappa shape index (κ2) is 15.8. The fraction of sp³-hybridized carbons (Fsp3) is 0.469. The number of thioether (sulfide) groups is 1. The number of benzene rings is 1.